The summed E-state index contributed by atoms with van der Waals surface area (Å²) in [4.78, 5) is 18.6. The molecule has 6 nitrogen and oxygen atoms in total. The van der Waals surface area contributed by atoms with Crippen molar-refractivity contribution in [2.45, 2.75) is 13.8 Å². The molecule has 0 radical (unpaired) electrons. The summed E-state index contributed by atoms with van der Waals surface area (Å²) in [7, 11) is 0. The van der Waals surface area contributed by atoms with Crippen LogP contribution >= 0.6 is 0 Å². The number of hydrogen-bond acceptors (Lipinski definition) is 5. The number of benzene rings is 1. The molecule has 0 saturated heterocycles. The number of aromatic nitrogens is 2. The van der Waals surface area contributed by atoms with Gasteiger partial charge in [-0.3, -0.25) is 10.1 Å². The van der Waals surface area contributed by atoms with E-state index in [0.29, 0.717) is 17.7 Å². The third-order valence-electron chi connectivity index (χ3n) is 2.79. The van der Waals surface area contributed by atoms with Crippen molar-refractivity contribution in [2.24, 2.45) is 0 Å². The van der Waals surface area contributed by atoms with Gasteiger partial charge in [-0.1, -0.05) is 0 Å². The van der Waals surface area contributed by atoms with Crippen molar-refractivity contribution in [2.75, 3.05) is 11.9 Å². The number of aryl methyl sites for hydroxylation is 1. The molecule has 0 spiro atoms. The maximum absolute atomic E-state index is 13.1. The van der Waals surface area contributed by atoms with Crippen LogP contribution < -0.4 is 5.32 Å². The first-order valence-corrected chi connectivity index (χ1v) is 6.04. The molecule has 0 aliphatic carbocycles. The second-order valence-corrected chi connectivity index (χ2v) is 4.17. The monoisotopic (exact) mass is 276 g/mol. The van der Waals surface area contributed by atoms with Gasteiger partial charge in [-0.15, -0.1) is 0 Å². The summed E-state index contributed by atoms with van der Waals surface area (Å²) < 4.78 is 13.1. The molecule has 0 aliphatic heterocycles. The number of halogens is 1. The molecule has 20 heavy (non-hydrogen) atoms. The maximum Gasteiger partial charge on any atom is 0.337 e. The van der Waals surface area contributed by atoms with Gasteiger partial charge in [-0.25, -0.2) is 14.4 Å². The standard InChI is InChI=1S/C13H13FN4O2/c1-3-15-13-12(18(19)20)11(16-7-17-13)10-5-4-9(14)6-8(10)2/h4-7H,3H2,1-2H3,(H,15,16,17). The Morgan fingerprint density at radius 2 is 2.15 bits per heavy atom. The van der Waals surface area contributed by atoms with Gasteiger partial charge in [0.05, 0.1) is 4.92 Å². The molecule has 2 rings (SSSR count). The van der Waals surface area contributed by atoms with E-state index >= 15 is 0 Å². The largest absolute Gasteiger partial charge is 0.365 e. The molecule has 1 heterocycles. The SMILES string of the molecule is CCNc1ncnc(-c2ccc(F)cc2C)c1[N+](=O)[O-]. The van der Waals surface area contributed by atoms with E-state index in [1.807, 2.05) is 6.92 Å². The smallest absolute Gasteiger partial charge is 0.337 e. The fourth-order valence-electron chi connectivity index (χ4n) is 1.94. The Morgan fingerprint density at radius 1 is 1.40 bits per heavy atom. The van der Waals surface area contributed by atoms with Crippen LogP contribution in [0, 0.1) is 22.9 Å². The summed E-state index contributed by atoms with van der Waals surface area (Å²) in [5.41, 5.74) is 1.07. The number of hydrogen-bond donors (Lipinski definition) is 1. The zero-order valence-corrected chi connectivity index (χ0v) is 11.1. The van der Waals surface area contributed by atoms with Gasteiger partial charge >= 0.3 is 5.69 Å². The highest BCUT2D eigenvalue weighted by molar-refractivity contribution is 5.78. The van der Waals surface area contributed by atoms with Crippen molar-refractivity contribution in [3.63, 3.8) is 0 Å². The highest BCUT2D eigenvalue weighted by atomic mass is 19.1. The third kappa shape index (κ3) is 2.56. The molecule has 0 aliphatic rings. The molecule has 1 aromatic heterocycles. The average molecular weight is 276 g/mol. The van der Waals surface area contributed by atoms with Gasteiger partial charge in [0.2, 0.25) is 5.82 Å². The summed E-state index contributed by atoms with van der Waals surface area (Å²) in [5, 5.41) is 14.1. The van der Waals surface area contributed by atoms with Crippen LogP contribution in [0.2, 0.25) is 0 Å². The number of rotatable bonds is 4. The molecule has 1 N–H and O–H groups in total. The van der Waals surface area contributed by atoms with Gasteiger partial charge in [0, 0.05) is 12.1 Å². The van der Waals surface area contributed by atoms with Crippen LogP contribution in [0.4, 0.5) is 15.9 Å². The molecule has 0 fully saturated rings. The van der Waals surface area contributed by atoms with E-state index < -0.39 is 10.7 Å². The summed E-state index contributed by atoms with van der Waals surface area (Å²) in [5.74, 6) is -0.235. The summed E-state index contributed by atoms with van der Waals surface area (Å²) in [6.07, 6.45) is 1.25. The van der Waals surface area contributed by atoms with Crippen molar-refractivity contribution in [3.05, 3.63) is 46.0 Å². The van der Waals surface area contributed by atoms with Gasteiger partial charge in [-0.2, -0.15) is 0 Å². The Hall–Kier alpha value is -2.57. The van der Waals surface area contributed by atoms with E-state index in [9.17, 15) is 14.5 Å². The molecule has 104 valence electrons. The highest BCUT2D eigenvalue weighted by Gasteiger charge is 2.24. The van der Waals surface area contributed by atoms with E-state index in [4.69, 9.17) is 0 Å². The minimum Gasteiger partial charge on any atom is -0.365 e. The van der Waals surface area contributed by atoms with Gasteiger partial charge in [0.15, 0.2) is 5.69 Å². The number of nitrogens with zero attached hydrogens (tertiary/aromatic N) is 3. The van der Waals surface area contributed by atoms with Crippen LogP contribution in [0.5, 0.6) is 0 Å². The van der Waals surface area contributed by atoms with Crippen molar-refractivity contribution >= 4 is 11.5 Å². The van der Waals surface area contributed by atoms with Gasteiger partial charge in [0.1, 0.15) is 12.1 Å². The summed E-state index contributed by atoms with van der Waals surface area (Å²) >= 11 is 0. The predicted molar refractivity (Wildman–Crippen MR) is 73.0 cm³/mol. The van der Waals surface area contributed by atoms with Crippen molar-refractivity contribution in [1.29, 1.82) is 0 Å². The fourth-order valence-corrected chi connectivity index (χ4v) is 1.94. The first-order valence-electron chi connectivity index (χ1n) is 6.04. The minimum absolute atomic E-state index is 0.159. The van der Waals surface area contributed by atoms with Crippen LogP contribution in [-0.2, 0) is 0 Å². The first-order chi connectivity index (χ1) is 9.54. The van der Waals surface area contributed by atoms with Crippen LogP contribution in [-0.4, -0.2) is 21.4 Å². The van der Waals surface area contributed by atoms with Crippen LogP contribution in [0.1, 0.15) is 12.5 Å². The van der Waals surface area contributed by atoms with Crippen molar-refractivity contribution in [3.8, 4) is 11.3 Å². The number of nitrogens with one attached hydrogen (secondary N) is 1. The van der Waals surface area contributed by atoms with Crippen LogP contribution in [0.15, 0.2) is 24.5 Å². The lowest BCUT2D eigenvalue weighted by Crippen LogP contribution is -2.06. The van der Waals surface area contributed by atoms with Crippen molar-refractivity contribution in [1.82, 2.24) is 9.97 Å². The molecule has 2 aromatic rings. The molecule has 7 heteroatoms. The lowest BCUT2D eigenvalue weighted by atomic mass is 10.0. The van der Waals surface area contributed by atoms with E-state index in [2.05, 4.69) is 15.3 Å². The Labute approximate surface area is 114 Å². The van der Waals surface area contributed by atoms with E-state index in [1.54, 1.807) is 6.92 Å². The van der Waals surface area contributed by atoms with Gasteiger partial charge in [0.25, 0.3) is 0 Å². The second kappa shape index (κ2) is 5.60. The van der Waals surface area contributed by atoms with Crippen LogP contribution in [0.25, 0.3) is 11.3 Å². The van der Waals surface area contributed by atoms with Crippen molar-refractivity contribution < 1.29 is 9.31 Å². The zero-order valence-electron chi connectivity index (χ0n) is 11.1. The van der Waals surface area contributed by atoms with E-state index in [-0.39, 0.29) is 17.2 Å². The highest BCUT2D eigenvalue weighted by Crippen LogP contribution is 2.34. The predicted octanol–water partition coefficient (Wildman–Crippen LogP) is 2.93. The average Bonchev–Trinajstić information content (AvgIpc) is 2.38. The molecule has 0 saturated carbocycles. The summed E-state index contributed by atoms with van der Waals surface area (Å²) in [6, 6.07) is 4.05. The normalized spacial score (nSPS) is 10.3. The number of nitro groups is 1. The molecule has 0 unspecified atom stereocenters. The molecule has 0 bridgehead atoms. The van der Waals surface area contributed by atoms with Gasteiger partial charge in [-0.05, 0) is 37.6 Å². The Bertz CT molecular complexity index is 661. The Kier molecular flexibility index (Phi) is 3.88. The zero-order chi connectivity index (χ0) is 14.7. The van der Waals surface area contributed by atoms with Gasteiger partial charge < -0.3 is 5.32 Å². The third-order valence-corrected chi connectivity index (χ3v) is 2.79. The van der Waals surface area contributed by atoms with E-state index in [1.165, 1.54) is 24.5 Å². The Morgan fingerprint density at radius 3 is 2.75 bits per heavy atom. The lowest BCUT2D eigenvalue weighted by molar-refractivity contribution is -0.383. The first kappa shape index (κ1) is 13.9. The topological polar surface area (TPSA) is 81.0 Å². The molecular formula is C13H13FN4O2. The molecule has 0 atom stereocenters. The molecular weight excluding hydrogens is 263 g/mol. The van der Waals surface area contributed by atoms with Crippen LogP contribution in [0.3, 0.4) is 0 Å². The molecule has 1 aromatic carbocycles. The number of anilines is 1. The quantitative estimate of drug-likeness (QED) is 0.686. The molecule has 0 amide bonds. The minimum atomic E-state index is -0.532. The fraction of sp³-hybridized carbons (Fsp3) is 0.231. The lowest BCUT2D eigenvalue weighted by Gasteiger charge is -2.09. The van der Waals surface area contributed by atoms with E-state index in [0.717, 1.165) is 0 Å². The maximum atomic E-state index is 13.1. The second-order valence-electron chi connectivity index (χ2n) is 4.17. The summed E-state index contributed by atoms with van der Waals surface area (Å²) in [6.45, 7) is 3.99. The Balaban J connectivity index is 2.67.